The zero-order valence-corrected chi connectivity index (χ0v) is 15.8. The third-order valence-corrected chi connectivity index (χ3v) is 4.15. The number of amides is 1. The molecule has 0 aliphatic heterocycles. The van der Waals surface area contributed by atoms with Gasteiger partial charge in [-0.2, -0.15) is 0 Å². The zero-order valence-electron chi connectivity index (χ0n) is 15.1. The van der Waals surface area contributed by atoms with Gasteiger partial charge in [0.05, 0.1) is 35.3 Å². The second-order valence-corrected chi connectivity index (χ2v) is 6.03. The molecule has 9 heteroatoms. The Bertz CT molecular complexity index is 972. The molecule has 0 atom stereocenters. The second kappa shape index (κ2) is 7.96. The number of pyridine rings is 1. The lowest BCUT2D eigenvalue weighted by molar-refractivity contribution is 0.0964. The summed E-state index contributed by atoms with van der Waals surface area (Å²) in [7, 11) is 4.93. The van der Waals surface area contributed by atoms with Crippen molar-refractivity contribution in [3.05, 3.63) is 53.2 Å². The number of hydrogen-bond acceptors (Lipinski definition) is 6. The topological polar surface area (TPSA) is 93.1 Å². The summed E-state index contributed by atoms with van der Waals surface area (Å²) in [6.07, 6.45) is 1.53. The van der Waals surface area contributed by atoms with Crippen LogP contribution in [0.5, 0.6) is 5.88 Å². The molecule has 140 valence electrons. The molecule has 0 radical (unpaired) electrons. The van der Waals surface area contributed by atoms with Crippen molar-refractivity contribution in [2.45, 2.75) is 0 Å². The summed E-state index contributed by atoms with van der Waals surface area (Å²) in [6.45, 7) is 0. The average Bonchev–Trinajstić information content (AvgIpc) is 3.04. The number of carbonyl (C=O) groups is 1. The Morgan fingerprint density at radius 1 is 1.19 bits per heavy atom. The van der Waals surface area contributed by atoms with Crippen LogP contribution in [0.2, 0.25) is 5.02 Å². The first-order valence-electron chi connectivity index (χ1n) is 8.10. The van der Waals surface area contributed by atoms with Crippen molar-refractivity contribution < 1.29 is 9.53 Å². The minimum absolute atomic E-state index is 0.191. The molecule has 2 aromatic heterocycles. The third-order valence-electron chi connectivity index (χ3n) is 3.85. The maximum atomic E-state index is 12.1. The van der Waals surface area contributed by atoms with Crippen molar-refractivity contribution >= 4 is 40.5 Å². The van der Waals surface area contributed by atoms with Crippen LogP contribution in [-0.4, -0.2) is 34.8 Å². The Balaban J connectivity index is 1.88. The summed E-state index contributed by atoms with van der Waals surface area (Å²) < 4.78 is 6.76. The summed E-state index contributed by atoms with van der Waals surface area (Å²) in [5, 5.41) is 13.6. The summed E-state index contributed by atoms with van der Waals surface area (Å²) in [4.78, 5) is 16.3. The maximum absolute atomic E-state index is 12.1. The molecular formula is C18H19ClN6O2. The summed E-state index contributed by atoms with van der Waals surface area (Å²) in [5.41, 5.74) is 1.76. The van der Waals surface area contributed by atoms with Gasteiger partial charge < -0.3 is 20.7 Å². The van der Waals surface area contributed by atoms with Crippen LogP contribution in [0.4, 0.5) is 23.0 Å². The average molecular weight is 387 g/mol. The Morgan fingerprint density at radius 3 is 2.67 bits per heavy atom. The van der Waals surface area contributed by atoms with E-state index in [2.05, 4.69) is 26.0 Å². The third kappa shape index (κ3) is 4.12. The molecule has 0 unspecified atom stereocenters. The quantitative estimate of drug-likeness (QED) is 0.601. The van der Waals surface area contributed by atoms with Crippen LogP contribution >= 0.6 is 11.6 Å². The van der Waals surface area contributed by atoms with E-state index in [0.717, 1.165) is 0 Å². The van der Waals surface area contributed by atoms with E-state index in [9.17, 15) is 4.79 Å². The largest absolute Gasteiger partial charge is 0.480 e. The lowest BCUT2D eigenvalue weighted by Crippen LogP contribution is -2.19. The number of rotatable bonds is 6. The minimum Gasteiger partial charge on any atom is -0.480 e. The summed E-state index contributed by atoms with van der Waals surface area (Å²) in [5.74, 6) is 1.57. The van der Waals surface area contributed by atoms with Gasteiger partial charge in [0.2, 0.25) is 5.88 Å². The first-order valence-corrected chi connectivity index (χ1v) is 8.48. The van der Waals surface area contributed by atoms with E-state index in [1.165, 1.54) is 6.20 Å². The molecule has 1 aromatic carbocycles. The van der Waals surface area contributed by atoms with Gasteiger partial charge in [0.1, 0.15) is 11.6 Å². The highest BCUT2D eigenvalue weighted by Gasteiger charge is 2.12. The van der Waals surface area contributed by atoms with Crippen LogP contribution in [0, 0.1) is 0 Å². The molecule has 3 N–H and O–H groups in total. The molecule has 1 amide bonds. The number of aromatic nitrogens is 3. The smallest absolute Gasteiger partial charge is 0.253 e. The molecule has 2 heterocycles. The van der Waals surface area contributed by atoms with Crippen LogP contribution in [0.25, 0.3) is 0 Å². The van der Waals surface area contributed by atoms with Crippen molar-refractivity contribution in [2.75, 3.05) is 24.8 Å². The number of nitrogens with one attached hydrogen (secondary N) is 3. The van der Waals surface area contributed by atoms with E-state index in [-0.39, 0.29) is 5.91 Å². The Labute approximate surface area is 161 Å². The molecule has 0 aliphatic carbocycles. The lowest BCUT2D eigenvalue weighted by Gasteiger charge is -2.13. The molecule has 3 aromatic rings. The molecule has 0 saturated heterocycles. The number of nitrogens with zero attached hydrogens (tertiary/aromatic N) is 3. The predicted octanol–water partition coefficient (Wildman–Crippen LogP) is 3.32. The number of methoxy groups -OCH3 is 1. The second-order valence-electron chi connectivity index (χ2n) is 5.62. The van der Waals surface area contributed by atoms with E-state index in [1.807, 2.05) is 6.07 Å². The number of benzene rings is 1. The number of para-hydroxylation sites is 1. The Kier molecular flexibility index (Phi) is 5.46. The molecular weight excluding hydrogens is 368 g/mol. The van der Waals surface area contributed by atoms with Gasteiger partial charge in [0, 0.05) is 26.2 Å². The van der Waals surface area contributed by atoms with Gasteiger partial charge in [-0.05, 0) is 12.1 Å². The molecule has 0 bridgehead atoms. The van der Waals surface area contributed by atoms with Crippen molar-refractivity contribution in [2.24, 2.45) is 7.05 Å². The van der Waals surface area contributed by atoms with Crippen LogP contribution < -0.4 is 20.7 Å². The van der Waals surface area contributed by atoms with Crippen LogP contribution in [0.3, 0.4) is 0 Å². The molecule has 0 spiro atoms. The number of carbonyl (C=O) groups excluding carboxylic acids is 1. The van der Waals surface area contributed by atoms with Gasteiger partial charge in [0.15, 0.2) is 0 Å². The van der Waals surface area contributed by atoms with Crippen molar-refractivity contribution in [1.82, 2.24) is 20.1 Å². The van der Waals surface area contributed by atoms with Crippen molar-refractivity contribution in [3.63, 3.8) is 0 Å². The van der Waals surface area contributed by atoms with Gasteiger partial charge >= 0.3 is 0 Å². The standard InChI is InChI=1S/C18H19ClN6O2/c1-20-18(26)11-6-4-5-7-13(11)22-14-8-15(21-10-12(14)19)23-16-9-17(27-3)24-25(16)2/h4-10H,1-3H3,(H,20,26)(H2,21,22,23). The van der Waals surface area contributed by atoms with E-state index in [0.29, 0.717) is 39.5 Å². The van der Waals surface area contributed by atoms with Crippen LogP contribution in [0.1, 0.15) is 10.4 Å². The normalized spacial score (nSPS) is 10.4. The Hall–Kier alpha value is -3.26. The molecule has 0 aliphatic rings. The van der Waals surface area contributed by atoms with Crippen LogP contribution in [0.15, 0.2) is 42.6 Å². The summed E-state index contributed by atoms with van der Waals surface area (Å²) in [6, 6.07) is 10.7. The highest BCUT2D eigenvalue weighted by atomic mass is 35.5. The van der Waals surface area contributed by atoms with Gasteiger partial charge in [-0.3, -0.25) is 4.79 Å². The predicted molar refractivity (Wildman–Crippen MR) is 105 cm³/mol. The molecule has 8 nitrogen and oxygen atoms in total. The fourth-order valence-corrected chi connectivity index (χ4v) is 2.61. The minimum atomic E-state index is -0.191. The van der Waals surface area contributed by atoms with Gasteiger partial charge in [-0.25, -0.2) is 9.67 Å². The van der Waals surface area contributed by atoms with Crippen LogP contribution in [-0.2, 0) is 7.05 Å². The number of anilines is 4. The van der Waals surface area contributed by atoms with Crippen molar-refractivity contribution in [3.8, 4) is 5.88 Å². The van der Waals surface area contributed by atoms with E-state index >= 15 is 0 Å². The lowest BCUT2D eigenvalue weighted by atomic mass is 10.1. The Morgan fingerprint density at radius 2 is 1.96 bits per heavy atom. The fraction of sp³-hybridized carbons (Fsp3) is 0.167. The maximum Gasteiger partial charge on any atom is 0.253 e. The monoisotopic (exact) mass is 386 g/mol. The van der Waals surface area contributed by atoms with Gasteiger partial charge in [-0.1, -0.05) is 23.7 Å². The summed E-state index contributed by atoms with van der Waals surface area (Å²) >= 11 is 6.28. The first-order chi connectivity index (χ1) is 13.0. The van der Waals surface area contributed by atoms with E-state index in [4.69, 9.17) is 16.3 Å². The number of aryl methyl sites for hydroxylation is 1. The highest BCUT2D eigenvalue weighted by Crippen LogP contribution is 2.30. The number of hydrogen-bond donors (Lipinski definition) is 3. The van der Waals surface area contributed by atoms with Gasteiger partial charge in [-0.15, -0.1) is 5.10 Å². The molecule has 3 rings (SSSR count). The van der Waals surface area contributed by atoms with Crippen molar-refractivity contribution in [1.29, 1.82) is 0 Å². The highest BCUT2D eigenvalue weighted by molar-refractivity contribution is 6.33. The van der Waals surface area contributed by atoms with E-state index < -0.39 is 0 Å². The zero-order chi connectivity index (χ0) is 19.4. The van der Waals surface area contributed by atoms with Gasteiger partial charge in [0.25, 0.3) is 5.91 Å². The first kappa shape index (κ1) is 18.5. The molecule has 27 heavy (non-hydrogen) atoms. The van der Waals surface area contributed by atoms with E-state index in [1.54, 1.807) is 56.2 Å². The SMILES string of the molecule is CNC(=O)c1ccccc1Nc1cc(Nc2cc(OC)nn2C)ncc1Cl. The molecule has 0 fully saturated rings. The number of ether oxygens (including phenoxy) is 1. The molecule has 0 saturated carbocycles. The number of halogens is 1. The fourth-order valence-electron chi connectivity index (χ4n) is 2.46.